The van der Waals surface area contributed by atoms with E-state index in [1.807, 2.05) is 18.2 Å². The van der Waals surface area contributed by atoms with E-state index in [4.69, 9.17) is 9.68 Å². The van der Waals surface area contributed by atoms with E-state index in [0.29, 0.717) is 33.6 Å². The van der Waals surface area contributed by atoms with Gasteiger partial charge in [0.1, 0.15) is 5.52 Å². The number of carbonyl (C=O) groups excluding carboxylic acids is 2. The number of carboxylic acid groups (broad SMARTS) is 1. The van der Waals surface area contributed by atoms with Crippen LogP contribution >= 0.6 is 0 Å². The Labute approximate surface area is 258 Å². The number of nitrogens with zero attached hydrogens (tertiary/aromatic N) is 5. The second kappa shape index (κ2) is 12.3. The van der Waals surface area contributed by atoms with E-state index >= 15 is 0 Å². The smallest absolute Gasteiger partial charge is 0.308 e. The van der Waals surface area contributed by atoms with Crippen LogP contribution in [0.3, 0.4) is 0 Å². The zero-order valence-electron chi connectivity index (χ0n) is 24.3. The van der Waals surface area contributed by atoms with Crippen LogP contribution in [0.1, 0.15) is 33.0 Å². The van der Waals surface area contributed by atoms with Gasteiger partial charge in [-0.15, -0.1) is 0 Å². The molecule has 1 aliphatic rings. The molecule has 0 spiro atoms. The van der Waals surface area contributed by atoms with Gasteiger partial charge in [-0.3, -0.25) is 19.4 Å². The molecule has 1 aliphatic heterocycles. The van der Waals surface area contributed by atoms with Crippen LogP contribution in [0, 0.1) is 17.2 Å². The molecule has 2 atom stereocenters. The van der Waals surface area contributed by atoms with Crippen LogP contribution in [-0.4, -0.2) is 57.9 Å². The topological polar surface area (TPSA) is 153 Å². The van der Waals surface area contributed by atoms with E-state index < -0.39 is 11.9 Å². The number of carboxylic acids is 1. The maximum Gasteiger partial charge on any atom is 0.308 e. The molecule has 2 N–H and O–H groups in total. The number of likely N-dealkylation sites (tertiary alicyclic amines) is 1. The van der Waals surface area contributed by atoms with Crippen molar-refractivity contribution >= 4 is 46.3 Å². The Morgan fingerprint density at radius 2 is 1.82 bits per heavy atom. The highest BCUT2D eigenvalue weighted by molar-refractivity contribution is 5.95. The molecule has 11 heteroatoms. The lowest BCUT2D eigenvalue weighted by atomic mass is 9.89. The fourth-order valence-electron chi connectivity index (χ4n) is 5.54. The zero-order chi connectivity index (χ0) is 31.5. The maximum atomic E-state index is 13.2. The quantitative estimate of drug-likeness (QED) is 0.251. The summed E-state index contributed by atoms with van der Waals surface area (Å²) in [6.07, 6.45) is 3.19. The normalized spacial score (nSPS) is 15.9. The maximum absolute atomic E-state index is 13.2. The minimum atomic E-state index is -0.957. The van der Waals surface area contributed by atoms with Crippen molar-refractivity contribution in [2.45, 2.75) is 12.3 Å². The van der Waals surface area contributed by atoms with Crippen LogP contribution in [0.15, 0.2) is 95.7 Å². The average molecular weight is 601 g/mol. The third-order valence-corrected chi connectivity index (χ3v) is 7.99. The summed E-state index contributed by atoms with van der Waals surface area (Å²) >= 11 is 0. The number of hydrogen-bond acceptors (Lipinski definition) is 8. The number of rotatable bonds is 8. The number of hydrogen-bond donors (Lipinski definition) is 2. The van der Waals surface area contributed by atoms with Crippen molar-refractivity contribution in [1.82, 2.24) is 14.9 Å². The Morgan fingerprint density at radius 1 is 1.04 bits per heavy atom. The van der Waals surface area contributed by atoms with E-state index in [1.165, 1.54) is 12.4 Å². The molecule has 45 heavy (non-hydrogen) atoms. The molecule has 11 nitrogen and oxygen atoms in total. The summed E-state index contributed by atoms with van der Waals surface area (Å²) < 4.78 is 5.85. The van der Waals surface area contributed by atoms with Crippen molar-refractivity contribution in [2.24, 2.45) is 5.92 Å². The largest absolute Gasteiger partial charge is 0.481 e. The van der Waals surface area contributed by atoms with E-state index in [0.717, 1.165) is 11.1 Å². The highest BCUT2D eigenvalue weighted by atomic mass is 16.4. The summed E-state index contributed by atoms with van der Waals surface area (Å²) in [6.45, 7) is 0.391. The Hall–Kier alpha value is -6.02. The molecule has 0 saturated carbocycles. The van der Waals surface area contributed by atoms with Gasteiger partial charge in [0.25, 0.3) is 11.9 Å². The fraction of sp³-hybridized carbons (Fsp3) is 0.176. The Balaban J connectivity index is 1.11. The minimum absolute atomic E-state index is 0.114. The number of aliphatic carboxylic acids is 1. The number of likely N-dealkylation sites (N-methyl/N-ethyl adjacent to an activating group) is 1. The first-order valence-corrected chi connectivity index (χ1v) is 14.2. The van der Waals surface area contributed by atoms with Gasteiger partial charge in [-0.1, -0.05) is 24.3 Å². The highest BCUT2D eigenvalue weighted by Gasteiger charge is 2.40. The first-order valence-electron chi connectivity index (χ1n) is 14.2. The van der Waals surface area contributed by atoms with E-state index in [1.54, 1.807) is 77.5 Å². The summed E-state index contributed by atoms with van der Waals surface area (Å²) in [5.74, 6) is -2.46. The van der Waals surface area contributed by atoms with Crippen molar-refractivity contribution in [2.75, 3.05) is 30.4 Å². The van der Waals surface area contributed by atoms with Gasteiger partial charge in [-0.25, -0.2) is 0 Å². The van der Waals surface area contributed by atoms with Gasteiger partial charge in [0.15, 0.2) is 5.58 Å². The molecule has 0 aliphatic carbocycles. The molecule has 224 valence electrons. The first-order chi connectivity index (χ1) is 21.8. The summed E-state index contributed by atoms with van der Waals surface area (Å²) in [6, 6.07) is 25.2. The molecular weight excluding hydrogens is 572 g/mol. The van der Waals surface area contributed by atoms with Gasteiger partial charge < -0.3 is 24.6 Å². The van der Waals surface area contributed by atoms with E-state index in [9.17, 15) is 19.5 Å². The second-order valence-corrected chi connectivity index (χ2v) is 10.9. The highest BCUT2D eigenvalue weighted by Crippen LogP contribution is 2.35. The molecule has 1 fully saturated rings. The zero-order valence-corrected chi connectivity index (χ0v) is 24.3. The first kappa shape index (κ1) is 29.1. The molecule has 2 unspecified atom stereocenters. The summed E-state index contributed by atoms with van der Waals surface area (Å²) in [5, 5.41) is 22.1. The predicted octanol–water partition coefficient (Wildman–Crippen LogP) is 4.98. The van der Waals surface area contributed by atoms with Gasteiger partial charge >= 0.3 is 5.97 Å². The molecule has 2 amide bonds. The number of benzene rings is 3. The lowest BCUT2D eigenvalue weighted by molar-refractivity contribution is -0.141. The van der Waals surface area contributed by atoms with Crippen molar-refractivity contribution in [3.63, 3.8) is 0 Å². The number of nitrogens with one attached hydrogen (secondary N) is 1. The number of amides is 2. The van der Waals surface area contributed by atoms with Gasteiger partial charge in [0, 0.05) is 55.4 Å². The molecule has 2 aromatic heterocycles. The van der Waals surface area contributed by atoms with Crippen molar-refractivity contribution in [3.8, 4) is 6.07 Å². The molecule has 5 aromatic rings. The van der Waals surface area contributed by atoms with Crippen molar-refractivity contribution in [1.29, 1.82) is 5.26 Å². The number of carbonyl (C=O) groups is 3. The predicted molar refractivity (Wildman–Crippen MR) is 166 cm³/mol. The standard InChI is InChI=1S/C34H28N6O5/c1-39(31(41)17-21-5-10-29-30(16-21)45-34(38-29)37-25-4-2-3-22(15-25)18-35)26-8-6-23(7-9-26)27-19-40(20-28(27)33(43)44)32(42)24-11-13-36-14-12-24/h2-16,27-28H,17,19-20H2,1H3,(H,37,38)(H,43,44). The van der Waals surface area contributed by atoms with Crippen LogP contribution in [0.5, 0.6) is 0 Å². The number of pyridine rings is 1. The monoisotopic (exact) mass is 600 g/mol. The van der Waals surface area contributed by atoms with Crippen LogP contribution in [0.2, 0.25) is 0 Å². The van der Waals surface area contributed by atoms with Crippen molar-refractivity contribution < 1.29 is 23.9 Å². The fourth-order valence-corrected chi connectivity index (χ4v) is 5.54. The lowest BCUT2D eigenvalue weighted by Gasteiger charge is -2.20. The van der Waals surface area contributed by atoms with Gasteiger partial charge in [0.2, 0.25) is 5.91 Å². The molecule has 3 aromatic carbocycles. The minimum Gasteiger partial charge on any atom is -0.481 e. The summed E-state index contributed by atoms with van der Waals surface area (Å²) in [5.41, 5.74) is 4.99. The molecule has 3 heterocycles. The molecule has 6 rings (SSSR count). The van der Waals surface area contributed by atoms with Crippen LogP contribution in [-0.2, 0) is 16.0 Å². The SMILES string of the molecule is CN(C(=O)Cc1ccc2nc(Nc3cccc(C#N)c3)oc2c1)c1ccc(C2CN(C(=O)c3ccncc3)CC2C(=O)O)cc1. The van der Waals surface area contributed by atoms with E-state index in [2.05, 4.69) is 21.4 Å². The Bertz CT molecular complexity index is 1930. The lowest BCUT2D eigenvalue weighted by Crippen LogP contribution is -2.29. The average Bonchev–Trinajstić information content (AvgIpc) is 3.69. The number of aromatic nitrogens is 2. The van der Waals surface area contributed by atoms with Crippen LogP contribution < -0.4 is 10.2 Å². The van der Waals surface area contributed by atoms with E-state index in [-0.39, 0.29) is 43.3 Å². The summed E-state index contributed by atoms with van der Waals surface area (Å²) in [4.78, 5) is 49.8. The second-order valence-electron chi connectivity index (χ2n) is 10.9. The van der Waals surface area contributed by atoms with Crippen molar-refractivity contribution in [3.05, 3.63) is 114 Å². The van der Waals surface area contributed by atoms with Gasteiger partial charge in [-0.05, 0) is 65.7 Å². The number of nitriles is 1. The molecular formula is C34H28N6O5. The third kappa shape index (κ3) is 6.21. The number of anilines is 3. The number of oxazole rings is 1. The Morgan fingerprint density at radius 3 is 2.56 bits per heavy atom. The molecule has 1 saturated heterocycles. The molecule has 0 radical (unpaired) electrons. The molecule has 0 bridgehead atoms. The summed E-state index contributed by atoms with van der Waals surface area (Å²) in [7, 11) is 1.69. The van der Waals surface area contributed by atoms with Crippen LogP contribution in [0.25, 0.3) is 11.1 Å². The van der Waals surface area contributed by atoms with Gasteiger partial charge in [-0.2, -0.15) is 10.2 Å². The number of fused-ring (bicyclic) bond motifs is 1. The third-order valence-electron chi connectivity index (χ3n) is 7.99. The Kier molecular flexibility index (Phi) is 7.95. The van der Waals surface area contributed by atoms with Gasteiger partial charge in [0.05, 0.1) is 24.0 Å². The van der Waals surface area contributed by atoms with Crippen LogP contribution in [0.4, 0.5) is 17.4 Å².